The van der Waals surface area contributed by atoms with E-state index in [1.807, 2.05) is 41.9 Å². The Balaban J connectivity index is 0.00000161. The molecule has 1 aromatic carbocycles. The van der Waals surface area contributed by atoms with Crippen LogP contribution >= 0.6 is 12.4 Å². The zero-order valence-corrected chi connectivity index (χ0v) is 12.8. The van der Waals surface area contributed by atoms with Crippen LogP contribution in [0.3, 0.4) is 0 Å². The number of nitrogens with zero attached hydrogens (tertiary/aromatic N) is 3. The third-order valence-corrected chi connectivity index (χ3v) is 3.07. The number of methoxy groups -OCH3 is 1. The van der Waals surface area contributed by atoms with Crippen molar-refractivity contribution in [3.63, 3.8) is 0 Å². The molecule has 0 saturated heterocycles. The molecule has 1 aromatic heterocycles. The molecule has 3 rings (SSSR count). The molecule has 0 unspecified atom stereocenters. The molecule has 0 amide bonds. The van der Waals surface area contributed by atoms with Gasteiger partial charge in [0.2, 0.25) is 0 Å². The first kappa shape index (κ1) is 15.2. The van der Waals surface area contributed by atoms with Gasteiger partial charge in [-0.1, -0.05) is 0 Å². The molecule has 7 heteroatoms. The second-order valence-electron chi connectivity index (χ2n) is 4.56. The third-order valence-electron chi connectivity index (χ3n) is 3.07. The van der Waals surface area contributed by atoms with Gasteiger partial charge < -0.3 is 15.4 Å². The number of nitrogens with one attached hydrogen (secondary N) is 2. The summed E-state index contributed by atoms with van der Waals surface area (Å²) < 4.78 is 7.03. The van der Waals surface area contributed by atoms with E-state index >= 15 is 0 Å². The number of hydrogen-bond acceptors (Lipinski definition) is 5. The molecule has 0 bridgehead atoms. The maximum atomic E-state index is 5.17. The van der Waals surface area contributed by atoms with Crippen LogP contribution in [0.4, 0.5) is 5.82 Å². The van der Waals surface area contributed by atoms with Crippen molar-refractivity contribution in [3.8, 4) is 11.4 Å². The summed E-state index contributed by atoms with van der Waals surface area (Å²) in [6, 6.07) is 9.77. The van der Waals surface area contributed by atoms with Crippen LogP contribution in [0.5, 0.6) is 5.75 Å². The maximum Gasteiger partial charge on any atom is 0.197 e. The van der Waals surface area contributed by atoms with Crippen LogP contribution in [-0.2, 0) is 0 Å². The van der Waals surface area contributed by atoms with Gasteiger partial charge in [-0.05, 0) is 31.2 Å². The van der Waals surface area contributed by atoms with Crippen molar-refractivity contribution in [2.45, 2.75) is 6.92 Å². The molecule has 0 aliphatic carbocycles. The zero-order chi connectivity index (χ0) is 13.9. The average molecular weight is 308 g/mol. The highest BCUT2D eigenvalue weighted by Gasteiger charge is 2.11. The molecular formula is C14H18ClN5O. The summed E-state index contributed by atoms with van der Waals surface area (Å²) in [6.45, 7) is 3.64. The number of halogens is 1. The fourth-order valence-electron chi connectivity index (χ4n) is 2.11. The molecule has 21 heavy (non-hydrogen) atoms. The molecular weight excluding hydrogens is 290 g/mol. The molecule has 0 spiro atoms. The van der Waals surface area contributed by atoms with Crippen molar-refractivity contribution in [2.24, 2.45) is 4.99 Å². The van der Waals surface area contributed by atoms with Gasteiger partial charge in [0.25, 0.3) is 0 Å². The Hall–Kier alpha value is -2.21. The molecule has 1 aliphatic heterocycles. The Kier molecular flexibility index (Phi) is 4.70. The first-order chi connectivity index (χ1) is 9.76. The van der Waals surface area contributed by atoms with E-state index in [0.717, 1.165) is 42.0 Å². The van der Waals surface area contributed by atoms with Gasteiger partial charge in [-0.2, -0.15) is 5.10 Å². The van der Waals surface area contributed by atoms with Crippen LogP contribution < -0.4 is 15.4 Å². The predicted molar refractivity (Wildman–Crippen MR) is 86.0 cm³/mol. The fraction of sp³-hybridized carbons (Fsp3) is 0.286. The predicted octanol–water partition coefficient (Wildman–Crippen LogP) is 1.98. The Morgan fingerprint density at radius 2 is 2.05 bits per heavy atom. The van der Waals surface area contributed by atoms with E-state index in [-0.39, 0.29) is 12.4 Å². The molecule has 2 N–H and O–H groups in total. The molecule has 6 nitrogen and oxygen atoms in total. The Morgan fingerprint density at radius 1 is 1.29 bits per heavy atom. The van der Waals surface area contributed by atoms with E-state index in [9.17, 15) is 0 Å². The summed E-state index contributed by atoms with van der Waals surface area (Å²) >= 11 is 0. The number of rotatable bonds is 3. The fourth-order valence-corrected chi connectivity index (χ4v) is 2.11. The first-order valence-corrected chi connectivity index (χ1v) is 6.53. The van der Waals surface area contributed by atoms with Crippen molar-refractivity contribution in [1.29, 1.82) is 0 Å². The molecule has 2 heterocycles. The maximum absolute atomic E-state index is 5.17. The van der Waals surface area contributed by atoms with Crippen LogP contribution in [0.1, 0.15) is 5.69 Å². The Labute approximate surface area is 129 Å². The standard InChI is InChI=1S/C14H17N5O.ClH/c1-10-9-13(17-14-15-7-8-16-14)19(18-10)11-3-5-12(20-2)6-4-11;/h3-6,9H,7-8H2,1-2H3,(H2,15,16,17);1H. The molecule has 112 valence electrons. The summed E-state index contributed by atoms with van der Waals surface area (Å²) in [4.78, 5) is 4.34. The number of anilines is 1. The summed E-state index contributed by atoms with van der Waals surface area (Å²) in [7, 11) is 1.66. The third kappa shape index (κ3) is 3.28. The van der Waals surface area contributed by atoms with Gasteiger partial charge in [0.05, 0.1) is 25.0 Å². The summed E-state index contributed by atoms with van der Waals surface area (Å²) in [5.74, 6) is 2.51. The molecule has 1 aliphatic rings. The Bertz CT molecular complexity index is 635. The van der Waals surface area contributed by atoms with E-state index in [2.05, 4.69) is 20.7 Å². The lowest BCUT2D eigenvalue weighted by Gasteiger charge is -2.10. The van der Waals surface area contributed by atoms with Gasteiger partial charge >= 0.3 is 0 Å². The van der Waals surface area contributed by atoms with Gasteiger partial charge in [-0.25, -0.2) is 4.68 Å². The monoisotopic (exact) mass is 307 g/mol. The van der Waals surface area contributed by atoms with Gasteiger partial charge in [-0.3, -0.25) is 4.99 Å². The van der Waals surface area contributed by atoms with Crippen LogP contribution in [0, 0.1) is 6.92 Å². The highest BCUT2D eigenvalue weighted by molar-refractivity contribution is 5.94. The van der Waals surface area contributed by atoms with E-state index in [1.54, 1.807) is 7.11 Å². The highest BCUT2D eigenvalue weighted by Crippen LogP contribution is 2.20. The van der Waals surface area contributed by atoms with Gasteiger partial charge in [-0.15, -0.1) is 12.4 Å². The van der Waals surface area contributed by atoms with Gasteiger partial charge in [0, 0.05) is 12.6 Å². The van der Waals surface area contributed by atoms with Crippen molar-refractivity contribution in [2.75, 3.05) is 25.5 Å². The zero-order valence-electron chi connectivity index (χ0n) is 12.0. The first-order valence-electron chi connectivity index (χ1n) is 6.53. The molecule has 2 aromatic rings. The lowest BCUT2D eigenvalue weighted by molar-refractivity contribution is 0.414. The minimum absolute atomic E-state index is 0. The topological polar surface area (TPSA) is 63.5 Å². The molecule has 0 fully saturated rings. The summed E-state index contributed by atoms with van der Waals surface area (Å²) in [6.07, 6.45) is 0. The Morgan fingerprint density at radius 3 is 2.67 bits per heavy atom. The largest absolute Gasteiger partial charge is 0.497 e. The molecule has 0 atom stereocenters. The summed E-state index contributed by atoms with van der Waals surface area (Å²) in [5.41, 5.74) is 1.92. The number of aryl methyl sites for hydroxylation is 1. The van der Waals surface area contributed by atoms with Crippen molar-refractivity contribution in [3.05, 3.63) is 36.0 Å². The lowest BCUT2D eigenvalue weighted by Crippen LogP contribution is -2.27. The molecule has 0 saturated carbocycles. The van der Waals surface area contributed by atoms with E-state index in [1.165, 1.54) is 0 Å². The average Bonchev–Trinajstić information content (AvgIpc) is 3.09. The van der Waals surface area contributed by atoms with Gasteiger partial charge in [0.1, 0.15) is 11.6 Å². The smallest absolute Gasteiger partial charge is 0.197 e. The quantitative estimate of drug-likeness (QED) is 0.910. The van der Waals surface area contributed by atoms with E-state index in [4.69, 9.17) is 4.74 Å². The number of benzene rings is 1. The van der Waals surface area contributed by atoms with E-state index < -0.39 is 0 Å². The number of aromatic nitrogens is 2. The van der Waals surface area contributed by atoms with Crippen LogP contribution in [0.2, 0.25) is 0 Å². The van der Waals surface area contributed by atoms with Crippen LogP contribution in [-0.4, -0.2) is 35.9 Å². The second-order valence-corrected chi connectivity index (χ2v) is 4.56. The SMILES string of the molecule is COc1ccc(-n2nc(C)cc2NC2=NCCN2)cc1.Cl. The van der Waals surface area contributed by atoms with E-state index in [0.29, 0.717) is 0 Å². The van der Waals surface area contributed by atoms with Crippen molar-refractivity contribution in [1.82, 2.24) is 15.1 Å². The number of ether oxygens (including phenoxy) is 1. The number of guanidine groups is 1. The minimum Gasteiger partial charge on any atom is -0.497 e. The van der Waals surface area contributed by atoms with Crippen LogP contribution in [0.25, 0.3) is 5.69 Å². The summed E-state index contributed by atoms with van der Waals surface area (Å²) in [5, 5.41) is 11.0. The number of hydrogen-bond donors (Lipinski definition) is 2. The van der Waals surface area contributed by atoms with Gasteiger partial charge in [0.15, 0.2) is 5.96 Å². The van der Waals surface area contributed by atoms with Crippen molar-refractivity contribution >= 4 is 24.2 Å². The highest BCUT2D eigenvalue weighted by atomic mass is 35.5. The second kappa shape index (κ2) is 6.49. The lowest BCUT2D eigenvalue weighted by atomic mass is 10.3. The van der Waals surface area contributed by atoms with Crippen LogP contribution in [0.15, 0.2) is 35.3 Å². The van der Waals surface area contributed by atoms with Crippen molar-refractivity contribution < 1.29 is 4.74 Å². The minimum atomic E-state index is 0. The number of aliphatic imine (C=N–C) groups is 1. The molecule has 0 radical (unpaired) electrons. The normalized spacial score (nSPS) is 13.1.